The molecule has 1 aromatic carbocycles. The maximum atomic E-state index is 10.5. The Balaban J connectivity index is 1.87. The molecule has 18 heavy (non-hydrogen) atoms. The number of benzene rings is 1. The van der Waals surface area contributed by atoms with Crippen molar-refractivity contribution >= 4 is 5.97 Å². The van der Waals surface area contributed by atoms with Gasteiger partial charge in [0.25, 0.3) is 0 Å². The standard InChI is InChI=1S/C14H19NO3/c15-13(8-9-14(16)17)10-4-6-12(7-5-10)18-11-2-1-3-11/h4-7,11,13H,1-3,8-9,15H2,(H,16,17). The fraction of sp³-hybridized carbons (Fsp3) is 0.500. The number of aliphatic carboxylic acids is 1. The van der Waals surface area contributed by atoms with E-state index in [-0.39, 0.29) is 12.5 Å². The summed E-state index contributed by atoms with van der Waals surface area (Å²) in [4.78, 5) is 10.5. The molecule has 1 fully saturated rings. The number of carbonyl (C=O) groups is 1. The average molecular weight is 249 g/mol. The van der Waals surface area contributed by atoms with Crippen LogP contribution in [0.5, 0.6) is 5.75 Å². The SMILES string of the molecule is NC(CCC(=O)O)c1ccc(OC2CCC2)cc1. The van der Waals surface area contributed by atoms with Gasteiger partial charge in [-0.25, -0.2) is 0 Å². The highest BCUT2D eigenvalue weighted by molar-refractivity contribution is 5.66. The van der Waals surface area contributed by atoms with E-state index in [9.17, 15) is 4.79 Å². The summed E-state index contributed by atoms with van der Waals surface area (Å²) >= 11 is 0. The maximum Gasteiger partial charge on any atom is 0.303 e. The van der Waals surface area contributed by atoms with E-state index in [0.717, 1.165) is 24.2 Å². The molecule has 4 heteroatoms. The third-order valence-electron chi connectivity index (χ3n) is 3.33. The van der Waals surface area contributed by atoms with Crippen molar-refractivity contribution in [1.29, 1.82) is 0 Å². The van der Waals surface area contributed by atoms with Crippen LogP contribution in [-0.4, -0.2) is 17.2 Å². The molecule has 1 atom stereocenters. The highest BCUT2D eigenvalue weighted by atomic mass is 16.5. The smallest absolute Gasteiger partial charge is 0.303 e. The first-order chi connectivity index (χ1) is 8.65. The quantitative estimate of drug-likeness (QED) is 0.812. The van der Waals surface area contributed by atoms with E-state index < -0.39 is 5.97 Å². The summed E-state index contributed by atoms with van der Waals surface area (Å²) in [6, 6.07) is 7.43. The van der Waals surface area contributed by atoms with Crippen LogP contribution in [0.2, 0.25) is 0 Å². The van der Waals surface area contributed by atoms with Gasteiger partial charge in [-0.3, -0.25) is 4.79 Å². The normalized spacial score (nSPS) is 16.9. The van der Waals surface area contributed by atoms with Gasteiger partial charge in [-0.15, -0.1) is 0 Å². The lowest BCUT2D eigenvalue weighted by atomic mass is 9.96. The molecule has 98 valence electrons. The first kappa shape index (κ1) is 12.9. The minimum absolute atomic E-state index is 0.0987. The van der Waals surface area contributed by atoms with Crippen molar-refractivity contribution in [1.82, 2.24) is 0 Å². The molecule has 1 unspecified atom stereocenters. The molecule has 0 amide bonds. The second-order valence-corrected chi connectivity index (χ2v) is 4.78. The van der Waals surface area contributed by atoms with Crippen LogP contribution in [0.1, 0.15) is 43.7 Å². The van der Waals surface area contributed by atoms with Crippen LogP contribution >= 0.6 is 0 Å². The second kappa shape index (κ2) is 5.87. The number of ether oxygens (including phenoxy) is 1. The Morgan fingerprint density at radius 3 is 2.56 bits per heavy atom. The van der Waals surface area contributed by atoms with E-state index >= 15 is 0 Å². The Morgan fingerprint density at radius 2 is 2.06 bits per heavy atom. The Bertz CT molecular complexity index is 398. The molecule has 1 aromatic rings. The summed E-state index contributed by atoms with van der Waals surface area (Å²) in [5, 5.41) is 8.61. The van der Waals surface area contributed by atoms with Crippen LogP contribution in [0.15, 0.2) is 24.3 Å². The molecule has 0 radical (unpaired) electrons. The molecule has 0 bridgehead atoms. The van der Waals surface area contributed by atoms with Crippen molar-refractivity contribution in [2.75, 3.05) is 0 Å². The van der Waals surface area contributed by atoms with Crippen LogP contribution in [0, 0.1) is 0 Å². The van der Waals surface area contributed by atoms with Crippen molar-refractivity contribution in [3.05, 3.63) is 29.8 Å². The molecule has 0 aliphatic heterocycles. The molecule has 0 saturated heterocycles. The number of rotatable bonds is 6. The van der Waals surface area contributed by atoms with Gasteiger partial charge in [0.05, 0.1) is 6.10 Å². The molecular formula is C14H19NO3. The van der Waals surface area contributed by atoms with E-state index in [1.54, 1.807) is 0 Å². The Morgan fingerprint density at radius 1 is 1.39 bits per heavy atom. The predicted octanol–water partition coefficient (Wildman–Crippen LogP) is 2.48. The molecule has 0 aromatic heterocycles. The monoisotopic (exact) mass is 249 g/mol. The summed E-state index contributed by atoms with van der Waals surface area (Å²) in [7, 11) is 0. The van der Waals surface area contributed by atoms with Crippen molar-refractivity contribution in [3.8, 4) is 5.75 Å². The Hall–Kier alpha value is -1.55. The Kier molecular flexibility index (Phi) is 4.20. The minimum atomic E-state index is -0.810. The zero-order valence-electron chi connectivity index (χ0n) is 10.3. The highest BCUT2D eigenvalue weighted by Crippen LogP contribution is 2.26. The Labute approximate surface area is 107 Å². The fourth-order valence-electron chi connectivity index (χ4n) is 1.92. The van der Waals surface area contributed by atoms with Crippen molar-refractivity contribution in [2.45, 2.75) is 44.2 Å². The zero-order valence-corrected chi connectivity index (χ0v) is 10.3. The van der Waals surface area contributed by atoms with Crippen LogP contribution in [0.3, 0.4) is 0 Å². The average Bonchev–Trinajstić information content (AvgIpc) is 2.31. The lowest BCUT2D eigenvalue weighted by Crippen LogP contribution is -2.24. The van der Waals surface area contributed by atoms with Crippen molar-refractivity contribution < 1.29 is 14.6 Å². The molecule has 1 aliphatic carbocycles. The van der Waals surface area contributed by atoms with E-state index in [4.69, 9.17) is 15.6 Å². The zero-order chi connectivity index (χ0) is 13.0. The molecule has 0 spiro atoms. The van der Waals surface area contributed by atoms with E-state index in [1.165, 1.54) is 6.42 Å². The lowest BCUT2D eigenvalue weighted by molar-refractivity contribution is -0.137. The van der Waals surface area contributed by atoms with Gasteiger partial charge in [0.15, 0.2) is 0 Å². The van der Waals surface area contributed by atoms with Gasteiger partial charge in [-0.1, -0.05) is 12.1 Å². The summed E-state index contributed by atoms with van der Waals surface area (Å²) in [5.41, 5.74) is 6.88. The predicted molar refractivity (Wildman–Crippen MR) is 68.5 cm³/mol. The summed E-state index contributed by atoms with van der Waals surface area (Å²) in [6.45, 7) is 0. The number of hydrogen-bond donors (Lipinski definition) is 2. The number of hydrogen-bond acceptors (Lipinski definition) is 3. The van der Waals surface area contributed by atoms with Gasteiger partial charge in [0.1, 0.15) is 5.75 Å². The van der Waals surface area contributed by atoms with Crippen LogP contribution in [-0.2, 0) is 4.79 Å². The van der Waals surface area contributed by atoms with E-state index in [1.807, 2.05) is 24.3 Å². The van der Waals surface area contributed by atoms with Crippen LogP contribution in [0.25, 0.3) is 0 Å². The molecule has 4 nitrogen and oxygen atoms in total. The first-order valence-corrected chi connectivity index (χ1v) is 6.39. The molecule has 0 heterocycles. The van der Waals surface area contributed by atoms with Gasteiger partial charge in [0.2, 0.25) is 0 Å². The summed E-state index contributed by atoms with van der Waals surface area (Å²) in [6.07, 6.45) is 4.46. The first-order valence-electron chi connectivity index (χ1n) is 6.39. The van der Waals surface area contributed by atoms with Crippen molar-refractivity contribution in [3.63, 3.8) is 0 Å². The third kappa shape index (κ3) is 3.47. The topological polar surface area (TPSA) is 72.6 Å². The van der Waals surface area contributed by atoms with Crippen molar-refractivity contribution in [2.24, 2.45) is 5.73 Å². The molecule has 1 saturated carbocycles. The van der Waals surface area contributed by atoms with Gasteiger partial charge < -0.3 is 15.6 Å². The van der Waals surface area contributed by atoms with E-state index in [2.05, 4.69) is 0 Å². The van der Waals surface area contributed by atoms with Crippen LogP contribution < -0.4 is 10.5 Å². The number of nitrogens with two attached hydrogens (primary N) is 1. The lowest BCUT2D eigenvalue weighted by Gasteiger charge is -2.26. The van der Waals surface area contributed by atoms with Gasteiger partial charge in [-0.05, 0) is 43.4 Å². The van der Waals surface area contributed by atoms with E-state index in [0.29, 0.717) is 12.5 Å². The van der Waals surface area contributed by atoms with Gasteiger partial charge in [-0.2, -0.15) is 0 Å². The van der Waals surface area contributed by atoms with Crippen LogP contribution in [0.4, 0.5) is 0 Å². The van der Waals surface area contributed by atoms with Gasteiger partial charge >= 0.3 is 5.97 Å². The second-order valence-electron chi connectivity index (χ2n) is 4.78. The fourth-order valence-corrected chi connectivity index (χ4v) is 1.92. The molecule has 2 rings (SSSR count). The molecular weight excluding hydrogens is 230 g/mol. The summed E-state index contributed by atoms with van der Waals surface area (Å²) in [5.74, 6) is 0.0595. The highest BCUT2D eigenvalue weighted by Gasteiger charge is 2.19. The number of carboxylic acid groups (broad SMARTS) is 1. The number of carboxylic acids is 1. The molecule has 3 N–H and O–H groups in total. The molecule has 1 aliphatic rings. The largest absolute Gasteiger partial charge is 0.490 e. The summed E-state index contributed by atoms with van der Waals surface area (Å²) < 4.78 is 5.75. The minimum Gasteiger partial charge on any atom is -0.490 e. The van der Waals surface area contributed by atoms with Gasteiger partial charge in [0, 0.05) is 12.5 Å². The maximum absolute atomic E-state index is 10.5. The third-order valence-corrected chi connectivity index (χ3v) is 3.33.